The maximum Gasteiger partial charge on any atom is 0.330 e. The molecule has 0 fully saturated rings. The third-order valence-electron chi connectivity index (χ3n) is 4.86. The summed E-state index contributed by atoms with van der Waals surface area (Å²) in [6.07, 6.45) is 0. The first-order chi connectivity index (χ1) is 14.9. The minimum Gasteiger partial charge on any atom is -0.493 e. The fourth-order valence-corrected chi connectivity index (χ4v) is 3.29. The number of aromatic amines is 1. The zero-order valence-electron chi connectivity index (χ0n) is 17.5. The van der Waals surface area contributed by atoms with Gasteiger partial charge in [0.1, 0.15) is 5.82 Å². The number of nitrogen functional groups attached to an aromatic ring is 1. The van der Waals surface area contributed by atoms with Gasteiger partial charge < -0.3 is 20.1 Å². The minimum absolute atomic E-state index is 0.0854. The first-order valence-electron chi connectivity index (χ1n) is 9.61. The zero-order valence-corrected chi connectivity index (χ0v) is 17.5. The van der Waals surface area contributed by atoms with Gasteiger partial charge in [0.2, 0.25) is 0 Å². The van der Waals surface area contributed by atoms with E-state index in [1.807, 2.05) is 30.3 Å². The van der Waals surface area contributed by atoms with E-state index in [0.29, 0.717) is 11.5 Å². The van der Waals surface area contributed by atoms with Crippen molar-refractivity contribution in [3.05, 3.63) is 80.5 Å². The number of benzene rings is 2. The first-order valence-corrected chi connectivity index (χ1v) is 9.61. The van der Waals surface area contributed by atoms with E-state index >= 15 is 0 Å². The molecule has 0 unspecified atom stereocenters. The zero-order chi connectivity index (χ0) is 22.5. The van der Waals surface area contributed by atoms with Crippen LogP contribution in [-0.4, -0.2) is 36.2 Å². The van der Waals surface area contributed by atoms with E-state index in [2.05, 4.69) is 4.98 Å². The summed E-state index contributed by atoms with van der Waals surface area (Å²) >= 11 is 0. The van der Waals surface area contributed by atoms with Crippen LogP contribution in [0.4, 0.5) is 11.5 Å². The van der Waals surface area contributed by atoms with Crippen molar-refractivity contribution in [1.29, 1.82) is 0 Å². The Labute approximate surface area is 178 Å². The van der Waals surface area contributed by atoms with Crippen LogP contribution >= 0.6 is 0 Å². The summed E-state index contributed by atoms with van der Waals surface area (Å²) in [6, 6.07) is 13.9. The lowest BCUT2D eigenvalue weighted by molar-refractivity contribution is 0.0987. The molecule has 1 amide bonds. The van der Waals surface area contributed by atoms with Gasteiger partial charge in [0.05, 0.1) is 20.8 Å². The lowest BCUT2D eigenvalue weighted by Gasteiger charge is -2.23. The molecule has 9 nitrogen and oxygen atoms in total. The summed E-state index contributed by atoms with van der Waals surface area (Å²) in [4.78, 5) is 41.8. The van der Waals surface area contributed by atoms with Crippen LogP contribution in [0.2, 0.25) is 0 Å². The second-order valence-corrected chi connectivity index (χ2v) is 6.68. The molecule has 0 spiro atoms. The summed E-state index contributed by atoms with van der Waals surface area (Å²) in [5, 5.41) is 0. The van der Waals surface area contributed by atoms with Gasteiger partial charge in [-0.2, -0.15) is 0 Å². The average Bonchev–Trinajstić information content (AvgIpc) is 2.79. The highest BCUT2D eigenvalue weighted by Gasteiger charge is 2.25. The van der Waals surface area contributed by atoms with E-state index in [1.54, 1.807) is 19.1 Å². The van der Waals surface area contributed by atoms with Crippen LogP contribution in [0.15, 0.2) is 58.1 Å². The van der Waals surface area contributed by atoms with E-state index in [0.717, 1.165) is 5.56 Å². The van der Waals surface area contributed by atoms with Crippen LogP contribution in [0.25, 0.3) is 0 Å². The number of hydrogen-bond donors (Lipinski definition) is 2. The van der Waals surface area contributed by atoms with E-state index < -0.39 is 17.2 Å². The van der Waals surface area contributed by atoms with Gasteiger partial charge in [0.15, 0.2) is 17.2 Å². The molecule has 0 saturated heterocycles. The Bertz CT molecular complexity index is 1200. The maximum atomic E-state index is 13.2. The number of nitrogens with one attached hydrogen (secondary N) is 1. The Hall–Kier alpha value is -4.01. The van der Waals surface area contributed by atoms with E-state index in [9.17, 15) is 14.4 Å². The number of carbonyl (C=O) groups excluding carboxylic acids is 1. The number of aromatic nitrogens is 2. The Morgan fingerprint density at radius 2 is 1.74 bits per heavy atom. The average molecular weight is 424 g/mol. The minimum atomic E-state index is -0.734. The summed E-state index contributed by atoms with van der Waals surface area (Å²) in [6.45, 7) is 2.02. The van der Waals surface area contributed by atoms with Crippen molar-refractivity contribution in [2.45, 2.75) is 13.5 Å². The van der Waals surface area contributed by atoms with Crippen LogP contribution in [0, 0.1) is 0 Å². The van der Waals surface area contributed by atoms with Gasteiger partial charge >= 0.3 is 5.69 Å². The number of ether oxygens (including phenoxy) is 2. The lowest BCUT2D eigenvalue weighted by atomic mass is 10.1. The smallest absolute Gasteiger partial charge is 0.330 e. The van der Waals surface area contributed by atoms with Crippen LogP contribution < -0.4 is 31.4 Å². The van der Waals surface area contributed by atoms with Crippen molar-refractivity contribution in [2.75, 3.05) is 31.4 Å². The number of anilines is 2. The number of methoxy groups -OCH3 is 2. The fourth-order valence-electron chi connectivity index (χ4n) is 3.29. The van der Waals surface area contributed by atoms with Gasteiger partial charge in [-0.3, -0.25) is 19.1 Å². The summed E-state index contributed by atoms with van der Waals surface area (Å²) in [7, 11) is 2.96. The molecule has 2 aromatic carbocycles. The molecule has 0 aliphatic carbocycles. The molecule has 0 atom stereocenters. The normalized spacial score (nSPS) is 10.5. The molecule has 0 aliphatic heterocycles. The Balaban J connectivity index is 2.07. The first kappa shape index (κ1) is 21.7. The van der Waals surface area contributed by atoms with E-state index in [1.165, 1.54) is 29.8 Å². The second-order valence-electron chi connectivity index (χ2n) is 6.68. The molecule has 0 bridgehead atoms. The van der Waals surface area contributed by atoms with Gasteiger partial charge in [0.25, 0.3) is 11.5 Å². The Kier molecular flexibility index (Phi) is 6.44. The molecule has 9 heteroatoms. The van der Waals surface area contributed by atoms with E-state index in [-0.39, 0.29) is 30.2 Å². The Morgan fingerprint density at radius 1 is 1.06 bits per heavy atom. The van der Waals surface area contributed by atoms with Gasteiger partial charge in [-0.05, 0) is 30.7 Å². The molecule has 0 radical (unpaired) electrons. The number of carbonyl (C=O) groups is 1. The molecule has 1 heterocycles. The number of nitrogens with two attached hydrogens (primary N) is 1. The van der Waals surface area contributed by atoms with Crippen molar-refractivity contribution in [3.63, 3.8) is 0 Å². The molecule has 0 aliphatic rings. The number of hydrogen-bond acceptors (Lipinski definition) is 6. The summed E-state index contributed by atoms with van der Waals surface area (Å²) in [5.74, 6) is 0.287. The van der Waals surface area contributed by atoms with Crippen LogP contribution in [-0.2, 0) is 6.54 Å². The molecular weight excluding hydrogens is 400 g/mol. The van der Waals surface area contributed by atoms with Crippen molar-refractivity contribution in [1.82, 2.24) is 9.55 Å². The molecule has 3 aromatic rings. The van der Waals surface area contributed by atoms with Gasteiger partial charge in [-0.25, -0.2) is 4.79 Å². The molecule has 31 heavy (non-hydrogen) atoms. The number of nitrogens with zero attached hydrogens (tertiary/aromatic N) is 2. The second kappa shape index (κ2) is 9.21. The largest absolute Gasteiger partial charge is 0.493 e. The monoisotopic (exact) mass is 424 g/mol. The van der Waals surface area contributed by atoms with Gasteiger partial charge in [-0.15, -0.1) is 0 Å². The highest BCUT2D eigenvalue weighted by molar-refractivity contribution is 6.07. The third-order valence-corrected chi connectivity index (χ3v) is 4.86. The SMILES string of the molecule is CCN(C(=O)c1ccc(OC)c(OC)c1)c1c(N)n(Cc2ccccc2)c(=O)[nH]c1=O. The maximum absolute atomic E-state index is 13.2. The third kappa shape index (κ3) is 4.30. The molecule has 0 saturated carbocycles. The number of rotatable bonds is 7. The molecule has 3 N–H and O–H groups in total. The van der Waals surface area contributed by atoms with Crippen molar-refractivity contribution >= 4 is 17.4 Å². The number of amides is 1. The quantitative estimate of drug-likeness (QED) is 0.597. The predicted molar refractivity (Wildman–Crippen MR) is 118 cm³/mol. The molecule has 1 aromatic heterocycles. The molecular formula is C22H24N4O5. The summed E-state index contributed by atoms with van der Waals surface area (Å²) < 4.78 is 11.7. The van der Waals surface area contributed by atoms with Gasteiger partial charge in [-0.1, -0.05) is 30.3 Å². The molecule has 3 rings (SSSR count). The highest BCUT2D eigenvalue weighted by Crippen LogP contribution is 2.29. The van der Waals surface area contributed by atoms with Crippen LogP contribution in [0.3, 0.4) is 0 Å². The lowest BCUT2D eigenvalue weighted by Crippen LogP contribution is -2.41. The standard InChI is InChI=1S/C22H24N4O5/c1-4-25(21(28)15-10-11-16(30-2)17(12-15)31-3)18-19(23)26(22(29)24-20(18)27)13-14-8-6-5-7-9-14/h5-12H,4,13,23H2,1-3H3,(H,24,27,29). The summed E-state index contributed by atoms with van der Waals surface area (Å²) in [5.41, 5.74) is 5.86. The van der Waals surface area contributed by atoms with Crippen molar-refractivity contribution in [2.24, 2.45) is 0 Å². The Morgan fingerprint density at radius 3 is 2.35 bits per heavy atom. The highest BCUT2D eigenvalue weighted by atomic mass is 16.5. The predicted octanol–water partition coefficient (Wildman–Crippen LogP) is 1.85. The number of H-pyrrole nitrogens is 1. The van der Waals surface area contributed by atoms with Crippen molar-refractivity contribution in [3.8, 4) is 11.5 Å². The van der Waals surface area contributed by atoms with Gasteiger partial charge in [0, 0.05) is 12.1 Å². The van der Waals surface area contributed by atoms with Crippen molar-refractivity contribution < 1.29 is 14.3 Å². The van der Waals surface area contributed by atoms with Crippen LogP contribution in [0.1, 0.15) is 22.8 Å². The van der Waals surface area contributed by atoms with Crippen LogP contribution in [0.5, 0.6) is 11.5 Å². The van der Waals surface area contributed by atoms with E-state index in [4.69, 9.17) is 15.2 Å². The topological polar surface area (TPSA) is 120 Å². The molecule has 162 valence electrons. The fraction of sp³-hybridized carbons (Fsp3) is 0.227.